The Bertz CT molecular complexity index is 3330. The topological polar surface area (TPSA) is 77.3 Å². The number of benzene rings is 9. The van der Waals surface area contributed by atoms with E-state index in [1.54, 1.807) is 0 Å². The van der Waals surface area contributed by atoms with Gasteiger partial charge in [0.05, 0.1) is 0 Å². The predicted molar refractivity (Wildman–Crippen MR) is 252 cm³/mol. The van der Waals surface area contributed by atoms with Gasteiger partial charge in [-0.15, -0.1) is 0 Å². The summed E-state index contributed by atoms with van der Waals surface area (Å²) in [7, 11) is 0. The molecule has 0 amide bonds. The van der Waals surface area contributed by atoms with Crippen LogP contribution >= 0.6 is 0 Å². The van der Waals surface area contributed by atoms with E-state index in [4.69, 9.17) is 29.9 Å². The lowest BCUT2D eigenvalue weighted by Gasteiger charge is -2.14. The van der Waals surface area contributed by atoms with E-state index in [1.807, 2.05) is 78.9 Å². The second-order valence-corrected chi connectivity index (χ2v) is 15.1. The van der Waals surface area contributed by atoms with Crippen LogP contribution in [0.25, 0.3) is 112 Å². The summed E-state index contributed by atoms with van der Waals surface area (Å²) >= 11 is 0. The summed E-state index contributed by atoms with van der Waals surface area (Å²) in [4.78, 5) is 30.6. The van der Waals surface area contributed by atoms with Crippen molar-refractivity contribution < 1.29 is 0 Å². The number of hydrogen-bond acceptors (Lipinski definition) is 6. The van der Waals surface area contributed by atoms with Gasteiger partial charge in [-0.3, -0.25) is 0 Å². The molecule has 0 aliphatic carbocycles. The molecule has 0 bridgehead atoms. The summed E-state index contributed by atoms with van der Waals surface area (Å²) in [5.74, 6) is 3.67. The van der Waals surface area contributed by atoms with Gasteiger partial charge >= 0.3 is 0 Å². The Morgan fingerprint density at radius 3 is 1.05 bits per heavy atom. The van der Waals surface area contributed by atoms with E-state index in [2.05, 4.69) is 140 Å². The lowest BCUT2D eigenvalue weighted by atomic mass is 9.94. The minimum absolute atomic E-state index is 0.590. The van der Waals surface area contributed by atoms with Crippen molar-refractivity contribution in [2.24, 2.45) is 0 Å². The molecule has 0 atom stereocenters. The number of aromatic nitrogens is 6. The number of hydrogen-bond donors (Lipinski definition) is 0. The summed E-state index contributed by atoms with van der Waals surface area (Å²) in [6.45, 7) is 0. The van der Waals surface area contributed by atoms with Gasteiger partial charge in [0.25, 0.3) is 0 Å². The zero-order valence-corrected chi connectivity index (χ0v) is 33.5. The molecule has 6 heteroatoms. The Morgan fingerprint density at radius 2 is 0.532 bits per heavy atom. The van der Waals surface area contributed by atoms with Crippen molar-refractivity contribution in [2.75, 3.05) is 0 Å². The summed E-state index contributed by atoms with van der Waals surface area (Å²) in [5, 5.41) is 4.29. The van der Waals surface area contributed by atoms with Crippen molar-refractivity contribution in [1.29, 1.82) is 0 Å². The quantitative estimate of drug-likeness (QED) is 0.152. The van der Waals surface area contributed by atoms with Crippen LogP contribution in [0.3, 0.4) is 0 Å². The Labute approximate surface area is 359 Å². The summed E-state index contributed by atoms with van der Waals surface area (Å²) in [5.41, 5.74) is 9.98. The van der Waals surface area contributed by atoms with Crippen molar-refractivity contribution >= 4 is 21.5 Å². The van der Waals surface area contributed by atoms with Gasteiger partial charge in [0, 0.05) is 33.4 Å². The standard InChI is InChI=1S/C56H36N6/c1-5-17-37(18-6-1)45-25-13-16-28-49(45)55-60-54(61-56(62-55)50-34-33-46(38-19-7-2-8-20-38)47-26-14-15-27-48(47)50)44-32-30-41-35-43(31-29-42(41)36-44)53-58-51(39-21-9-3-10-22-39)57-52(59-53)40-23-11-4-12-24-40/h1-36H. The molecule has 0 aliphatic rings. The largest absolute Gasteiger partial charge is 0.208 e. The summed E-state index contributed by atoms with van der Waals surface area (Å²) < 4.78 is 0. The minimum Gasteiger partial charge on any atom is -0.208 e. The summed E-state index contributed by atoms with van der Waals surface area (Å²) in [6, 6.07) is 74.8. The van der Waals surface area contributed by atoms with Gasteiger partial charge in [0.1, 0.15) is 0 Å². The van der Waals surface area contributed by atoms with E-state index >= 15 is 0 Å². The predicted octanol–water partition coefficient (Wildman–Crippen LogP) is 13.7. The van der Waals surface area contributed by atoms with E-state index in [0.29, 0.717) is 34.9 Å². The van der Waals surface area contributed by atoms with Crippen LogP contribution in [-0.2, 0) is 0 Å². The molecule has 0 fully saturated rings. The SMILES string of the molecule is c1ccc(-c2nc(-c3ccccc3)nc(-c3ccc4cc(-c5nc(-c6ccccc6-c6ccccc6)nc(-c6ccc(-c7ccccc7)c7ccccc67)n5)ccc4c3)n2)cc1. The molecule has 0 saturated carbocycles. The molecular weight excluding hydrogens is 757 g/mol. The normalized spacial score (nSPS) is 11.2. The molecule has 0 N–H and O–H groups in total. The first-order valence-corrected chi connectivity index (χ1v) is 20.6. The maximum atomic E-state index is 5.26. The Kier molecular flexibility index (Phi) is 9.41. The van der Waals surface area contributed by atoms with Gasteiger partial charge in [-0.05, 0) is 62.0 Å². The molecular formula is C56H36N6. The highest BCUT2D eigenvalue weighted by Crippen LogP contribution is 2.38. The Morgan fingerprint density at radius 1 is 0.194 bits per heavy atom. The van der Waals surface area contributed by atoms with Crippen LogP contribution < -0.4 is 0 Å². The Hall–Kier alpha value is -8.48. The van der Waals surface area contributed by atoms with Crippen molar-refractivity contribution in [1.82, 2.24) is 29.9 Å². The Balaban J connectivity index is 1.05. The second-order valence-electron chi connectivity index (χ2n) is 15.1. The molecule has 0 unspecified atom stereocenters. The average molecular weight is 793 g/mol. The lowest BCUT2D eigenvalue weighted by Crippen LogP contribution is -2.02. The lowest BCUT2D eigenvalue weighted by molar-refractivity contribution is 1.07. The molecule has 0 spiro atoms. The summed E-state index contributed by atoms with van der Waals surface area (Å²) in [6.07, 6.45) is 0. The minimum atomic E-state index is 0.590. The van der Waals surface area contributed by atoms with Crippen molar-refractivity contribution in [3.8, 4) is 90.6 Å². The molecule has 290 valence electrons. The molecule has 6 nitrogen and oxygen atoms in total. The van der Waals surface area contributed by atoms with Gasteiger partial charge in [-0.2, -0.15) is 0 Å². The van der Waals surface area contributed by atoms with E-state index in [9.17, 15) is 0 Å². The van der Waals surface area contributed by atoms with Crippen LogP contribution in [0, 0.1) is 0 Å². The first kappa shape index (κ1) is 36.6. The van der Waals surface area contributed by atoms with Crippen LogP contribution in [-0.4, -0.2) is 29.9 Å². The molecule has 11 rings (SSSR count). The monoisotopic (exact) mass is 792 g/mol. The van der Waals surface area contributed by atoms with Crippen LogP contribution in [0.4, 0.5) is 0 Å². The number of nitrogens with zero attached hydrogens (tertiary/aromatic N) is 6. The van der Waals surface area contributed by atoms with Gasteiger partial charge in [0.15, 0.2) is 34.9 Å². The average Bonchev–Trinajstić information content (AvgIpc) is 3.36. The third kappa shape index (κ3) is 7.06. The molecule has 2 heterocycles. The van der Waals surface area contributed by atoms with Crippen LogP contribution in [0.1, 0.15) is 0 Å². The van der Waals surface area contributed by atoms with Crippen LogP contribution in [0.2, 0.25) is 0 Å². The maximum absolute atomic E-state index is 5.26. The van der Waals surface area contributed by atoms with Crippen molar-refractivity contribution in [3.05, 3.63) is 218 Å². The van der Waals surface area contributed by atoms with Crippen LogP contribution in [0.5, 0.6) is 0 Å². The number of fused-ring (bicyclic) bond motifs is 2. The third-order valence-electron chi connectivity index (χ3n) is 11.2. The highest BCUT2D eigenvalue weighted by molar-refractivity contribution is 6.04. The fraction of sp³-hybridized carbons (Fsp3) is 0. The van der Waals surface area contributed by atoms with Gasteiger partial charge < -0.3 is 0 Å². The molecule has 11 aromatic rings. The highest BCUT2D eigenvalue weighted by Gasteiger charge is 2.19. The van der Waals surface area contributed by atoms with Crippen LogP contribution in [0.15, 0.2) is 218 Å². The fourth-order valence-corrected chi connectivity index (χ4v) is 8.12. The van der Waals surface area contributed by atoms with Crippen molar-refractivity contribution in [3.63, 3.8) is 0 Å². The molecule has 2 aromatic heterocycles. The molecule has 0 radical (unpaired) electrons. The van der Waals surface area contributed by atoms with Gasteiger partial charge in [-0.25, -0.2) is 29.9 Å². The first-order valence-electron chi connectivity index (χ1n) is 20.6. The second kappa shape index (κ2) is 15.9. The van der Waals surface area contributed by atoms with Crippen molar-refractivity contribution in [2.45, 2.75) is 0 Å². The highest BCUT2D eigenvalue weighted by atomic mass is 15.0. The molecule has 9 aromatic carbocycles. The third-order valence-corrected chi connectivity index (χ3v) is 11.2. The fourth-order valence-electron chi connectivity index (χ4n) is 8.12. The molecule has 0 aliphatic heterocycles. The van der Waals surface area contributed by atoms with E-state index in [0.717, 1.165) is 77.2 Å². The molecule has 0 saturated heterocycles. The number of rotatable bonds is 8. The first-order chi connectivity index (χ1) is 30.7. The zero-order chi connectivity index (χ0) is 41.2. The van der Waals surface area contributed by atoms with Gasteiger partial charge in [-0.1, -0.05) is 200 Å². The van der Waals surface area contributed by atoms with E-state index in [-0.39, 0.29) is 0 Å². The zero-order valence-electron chi connectivity index (χ0n) is 33.5. The van der Waals surface area contributed by atoms with Gasteiger partial charge in [0.2, 0.25) is 0 Å². The maximum Gasteiger partial charge on any atom is 0.164 e. The van der Waals surface area contributed by atoms with E-state index in [1.165, 1.54) is 0 Å². The molecule has 62 heavy (non-hydrogen) atoms. The smallest absolute Gasteiger partial charge is 0.164 e. The van der Waals surface area contributed by atoms with E-state index < -0.39 is 0 Å².